The van der Waals surface area contributed by atoms with E-state index in [4.69, 9.17) is 9.26 Å². The number of aromatic nitrogens is 1. The average Bonchev–Trinajstić information content (AvgIpc) is 2.96. The first-order valence-corrected chi connectivity index (χ1v) is 9.01. The Bertz CT molecular complexity index is 725. The third kappa shape index (κ3) is 4.03. The molecule has 1 aliphatic carbocycles. The van der Waals surface area contributed by atoms with E-state index in [-0.39, 0.29) is 18.6 Å². The Morgan fingerprint density at radius 2 is 1.88 bits per heavy atom. The van der Waals surface area contributed by atoms with E-state index in [9.17, 15) is 4.79 Å². The van der Waals surface area contributed by atoms with Gasteiger partial charge in [-0.25, -0.2) is 0 Å². The SMILES string of the molecule is Cc1cccc(C)c1OCc1c(C(=O)NC2CCCCC2)noc1C. The molecule has 25 heavy (non-hydrogen) atoms. The molecule has 0 saturated heterocycles. The molecule has 3 rings (SSSR count). The van der Waals surface area contributed by atoms with Crippen LogP contribution in [0.1, 0.15) is 65.0 Å². The summed E-state index contributed by atoms with van der Waals surface area (Å²) in [6.07, 6.45) is 5.68. The van der Waals surface area contributed by atoms with E-state index in [2.05, 4.69) is 10.5 Å². The maximum Gasteiger partial charge on any atom is 0.274 e. The van der Waals surface area contributed by atoms with E-state index in [1.54, 1.807) is 0 Å². The molecule has 1 N–H and O–H groups in total. The maximum atomic E-state index is 12.6. The van der Waals surface area contributed by atoms with E-state index in [1.807, 2.05) is 39.0 Å². The average molecular weight is 342 g/mol. The Morgan fingerprint density at radius 1 is 1.20 bits per heavy atom. The zero-order valence-corrected chi connectivity index (χ0v) is 15.2. The summed E-state index contributed by atoms with van der Waals surface area (Å²) >= 11 is 0. The maximum absolute atomic E-state index is 12.6. The number of hydrogen-bond acceptors (Lipinski definition) is 4. The van der Waals surface area contributed by atoms with Gasteiger partial charge in [0, 0.05) is 6.04 Å². The van der Waals surface area contributed by atoms with Gasteiger partial charge in [0.15, 0.2) is 5.69 Å². The highest BCUT2D eigenvalue weighted by atomic mass is 16.5. The monoisotopic (exact) mass is 342 g/mol. The molecule has 1 saturated carbocycles. The lowest BCUT2D eigenvalue weighted by atomic mass is 9.95. The van der Waals surface area contributed by atoms with Crippen molar-refractivity contribution >= 4 is 5.91 Å². The molecule has 1 aromatic carbocycles. The zero-order valence-electron chi connectivity index (χ0n) is 15.2. The molecule has 5 nitrogen and oxygen atoms in total. The van der Waals surface area contributed by atoms with Crippen molar-refractivity contribution in [3.63, 3.8) is 0 Å². The van der Waals surface area contributed by atoms with E-state index >= 15 is 0 Å². The van der Waals surface area contributed by atoms with Crippen LogP contribution < -0.4 is 10.1 Å². The first-order valence-electron chi connectivity index (χ1n) is 9.01. The lowest BCUT2D eigenvalue weighted by Crippen LogP contribution is -2.36. The van der Waals surface area contributed by atoms with Gasteiger partial charge in [-0.1, -0.05) is 42.6 Å². The quantitative estimate of drug-likeness (QED) is 0.882. The highest BCUT2D eigenvalue weighted by molar-refractivity contribution is 5.94. The van der Waals surface area contributed by atoms with Gasteiger partial charge in [-0.15, -0.1) is 0 Å². The fourth-order valence-corrected chi connectivity index (χ4v) is 3.41. The predicted octanol–water partition coefficient (Wildman–Crippen LogP) is 4.24. The summed E-state index contributed by atoms with van der Waals surface area (Å²) < 4.78 is 11.3. The van der Waals surface area contributed by atoms with Crippen molar-refractivity contribution < 1.29 is 14.1 Å². The Kier molecular flexibility index (Phi) is 5.41. The Morgan fingerprint density at radius 3 is 2.56 bits per heavy atom. The van der Waals surface area contributed by atoms with E-state index < -0.39 is 0 Å². The third-order valence-electron chi connectivity index (χ3n) is 4.91. The van der Waals surface area contributed by atoms with Gasteiger partial charge < -0.3 is 14.6 Å². The molecule has 0 aliphatic heterocycles. The molecular weight excluding hydrogens is 316 g/mol. The number of nitrogens with one attached hydrogen (secondary N) is 1. The number of para-hydroxylation sites is 1. The first kappa shape index (κ1) is 17.5. The van der Waals surface area contributed by atoms with E-state index in [0.717, 1.165) is 35.3 Å². The normalized spacial score (nSPS) is 15.2. The molecule has 1 aliphatic rings. The molecule has 0 radical (unpaired) electrons. The number of rotatable bonds is 5. The molecule has 1 aromatic heterocycles. The van der Waals surface area contributed by atoms with Crippen LogP contribution in [0.3, 0.4) is 0 Å². The molecule has 0 spiro atoms. The number of nitrogens with zero attached hydrogens (tertiary/aromatic N) is 1. The lowest BCUT2D eigenvalue weighted by molar-refractivity contribution is 0.0916. The minimum absolute atomic E-state index is 0.163. The largest absolute Gasteiger partial charge is 0.488 e. The first-order chi connectivity index (χ1) is 12.1. The van der Waals surface area contributed by atoms with Gasteiger partial charge in [0.1, 0.15) is 18.1 Å². The van der Waals surface area contributed by atoms with Crippen molar-refractivity contribution in [2.75, 3.05) is 0 Å². The molecule has 134 valence electrons. The van der Waals surface area contributed by atoms with Crippen molar-refractivity contribution in [1.82, 2.24) is 10.5 Å². The highest BCUT2D eigenvalue weighted by Crippen LogP contribution is 2.25. The standard InChI is InChI=1S/C20H26N2O3/c1-13-8-7-9-14(2)19(13)24-12-17-15(3)25-22-18(17)20(23)21-16-10-5-4-6-11-16/h7-9,16H,4-6,10-12H2,1-3H3,(H,21,23). The summed E-state index contributed by atoms with van der Waals surface area (Å²) in [4.78, 5) is 12.6. The molecule has 0 atom stereocenters. The van der Waals surface area contributed by atoms with Crippen LogP contribution in [0.4, 0.5) is 0 Å². The second-order valence-corrected chi connectivity index (χ2v) is 6.88. The van der Waals surface area contributed by atoms with Gasteiger partial charge in [-0.3, -0.25) is 4.79 Å². The number of carbonyl (C=O) groups excluding carboxylic acids is 1. The van der Waals surface area contributed by atoms with Crippen LogP contribution in [0.15, 0.2) is 22.7 Å². The Labute approximate surface area is 148 Å². The van der Waals surface area contributed by atoms with Crippen molar-refractivity contribution in [3.8, 4) is 5.75 Å². The van der Waals surface area contributed by atoms with Crippen molar-refractivity contribution in [3.05, 3.63) is 46.3 Å². The fraction of sp³-hybridized carbons (Fsp3) is 0.500. The smallest absolute Gasteiger partial charge is 0.274 e. The van der Waals surface area contributed by atoms with Gasteiger partial charge in [0.25, 0.3) is 5.91 Å². The lowest BCUT2D eigenvalue weighted by Gasteiger charge is -2.22. The van der Waals surface area contributed by atoms with E-state index in [0.29, 0.717) is 11.5 Å². The number of amides is 1. The summed E-state index contributed by atoms with van der Waals surface area (Å²) in [5, 5.41) is 7.06. The molecule has 2 aromatic rings. The van der Waals surface area contributed by atoms with Crippen molar-refractivity contribution in [2.24, 2.45) is 0 Å². The van der Waals surface area contributed by atoms with Gasteiger partial charge >= 0.3 is 0 Å². The van der Waals surface area contributed by atoms with Gasteiger partial charge in [0.05, 0.1) is 5.56 Å². The van der Waals surface area contributed by atoms with Crippen LogP contribution >= 0.6 is 0 Å². The van der Waals surface area contributed by atoms with Crippen LogP contribution in [0.2, 0.25) is 0 Å². The number of ether oxygens (including phenoxy) is 1. The second kappa shape index (κ2) is 7.72. The number of hydrogen-bond donors (Lipinski definition) is 1. The fourth-order valence-electron chi connectivity index (χ4n) is 3.41. The Hall–Kier alpha value is -2.30. The van der Waals surface area contributed by atoms with E-state index in [1.165, 1.54) is 19.3 Å². The molecular formula is C20H26N2O3. The summed E-state index contributed by atoms with van der Waals surface area (Å²) in [6.45, 7) is 6.11. The highest BCUT2D eigenvalue weighted by Gasteiger charge is 2.24. The third-order valence-corrected chi connectivity index (χ3v) is 4.91. The van der Waals surface area contributed by atoms with Crippen molar-refractivity contribution in [1.29, 1.82) is 0 Å². The van der Waals surface area contributed by atoms with Crippen LogP contribution in [0.5, 0.6) is 5.75 Å². The minimum atomic E-state index is -0.163. The summed E-state index contributed by atoms with van der Waals surface area (Å²) in [7, 11) is 0. The van der Waals surface area contributed by atoms with Crippen LogP contribution in [0, 0.1) is 20.8 Å². The van der Waals surface area contributed by atoms with Gasteiger partial charge in [-0.2, -0.15) is 0 Å². The molecule has 1 fully saturated rings. The van der Waals surface area contributed by atoms with Crippen LogP contribution in [0.25, 0.3) is 0 Å². The second-order valence-electron chi connectivity index (χ2n) is 6.88. The zero-order chi connectivity index (χ0) is 17.8. The van der Waals surface area contributed by atoms with Crippen LogP contribution in [-0.4, -0.2) is 17.1 Å². The molecule has 1 amide bonds. The number of carbonyl (C=O) groups is 1. The van der Waals surface area contributed by atoms with Crippen molar-refractivity contribution in [2.45, 2.75) is 65.5 Å². The molecule has 0 bridgehead atoms. The summed E-state index contributed by atoms with van der Waals surface area (Å²) in [5.74, 6) is 1.31. The minimum Gasteiger partial charge on any atom is -0.488 e. The molecule has 1 heterocycles. The van der Waals surface area contributed by atoms with Gasteiger partial charge in [-0.05, 0) is 44.7 Å². The van der Waals surface area contributed by atoms with Crippen LogP contribution in [-0.2, 0) is 6.61 Å². The summed E-state index contributed by atoms with van der Waals surface area (Å²) in [5.41, 5.74) is 3.20. The topological polar surface area (TPSA) is 64.4 Å². The summed E-state index contributed by atoms with van der Waals surface area (Å²) in [6, 6.07) is 6.27. The number of aryl methyl sites for hydroxylation is 3. The molecule has 0 unspecified atom stereocenters. The predicted molar refractivity (Wildman–Crippen MR) is 95.8 cm³/mol. The molecule has 5 heteroatoms. The number of benzene rings is 1. The van der Waals surface area contributed by atoms with Gasteiger partial charge in [0.2, 0.25) is 0 Å². The Balaban J connectivity index is 1.72.